The van der Waals surface area contributed by atoms with Crippen LogP contribution in [-0.2, 0) is 0 Å². The molecule has 0 aliphatic carbocycles. The second kappa shape index (κ2) is 7.68. The first-order chi connectivity index (χ1) is 9.76. The van der Waals surface area contributed by atoms with Gasteiger partial charge in [0, 0.05) is 24.3 Å². The maximum atomic E-state index is 10.2. The van der Waals surface area contributed by atoms with Crippen molar-refractivity contribution in [3.05, 3.63) is 29.8 Å². The molecule has 0 radical (unpaired) electrons. The Bertz CT molecular complexity index is 404. The summed E-state index contributed by atoms with van der Waals surface area (Å²) < 4.78 is 0. The third kappa shape index (κ3) is 3.76. The molecule has 112 valence electrons. The number of nitrogens with zero attached hydrogens (tertiary/aromatic N) is 1. The summed E-state index contributed by atoms with van der Waals surface area (Å²) in [6.45, 7) is 6.60. The SMILES string of the molecule is CCCC1CCCN(c2ccccc2C(O)CC)CC1. The molecule has 20 heavy (non-hydrogen) atoms. The highest BCUT2D eigenvalue weighted by molar-refractivity contribution is 5.54. The van der Waals surface area contributed by atoms with Crippen molar-refractivity contribution < 1.29 is 5.11 Å². The maximum Gasteiger partial charge on any atom is 0.0807 e. The number of benzene rings is 1. The molecule has 1 fully saturated rings. The van der Waals surface area contributed by atoms with Gasteiger partial charge in [0.25, 0.3) is 0 Å². The molecule has 0 aromatic heterocycles. The average Bonchev–Trinajstić information content (AvgIpc) is 2.72. The van der Waals surface area contributed by atoms with Gasteiger partial charge in [0.1, 0.15) is 0 Å². The van der Waals surface area contributed by atoms with Gasteiger partial charge >= 0.3 is 0 Å². The number of hydrogen-bond donors (Lipinski definition) is 1. The zero-order valence-corrected chi connectivity index (χ0v) is 13.0. The molecule has 0 bridgehead atoms. The molecule has 1 aliphatic rings. The number of anilines is 1. The molecule has 1 heterocycles. The van der Waals surface area contributed by atoms with Crippen LogP contribution >= 0.6 is 0 Å². The fourth-order valence-electron chi connectivity index (χ4n) is 3.38. The van der Waals surface area contributed by atoms with Gasteiger partial charge in [-0.3, -0.25) is 0 Å². The Morgan fingerprint density at radius 2 is 2.00 bits per heavy atom. The van der Waals surface area contributed by atoms with Gasteiger partial charge in [-0.1, -0.05) is 44.9 Å². The Morgan fingerprint density at radius 1 is 1.20 bits per heavy atom. The lowest BCUT2D eigenvalue weighted by molar-refractivity contribution is 0.174. The number of para-hydroxylation sites is 1. The Hall–Kier alpha value is -1.02. The van der Waals surface area contributed by atoms with E-state index in [0.717, 1.165) is 31.0 Å². The molecule has 1 aliphatic heterocycles. The molecule has 1 N–H and O–H groups in total. The first kappa shape index (κ1) is 15.4. The van der Waals surface area contributed by atoms with Crippen LogP contribution in [0, 0.1) is 5.92 Å². The molecule has 0 amide bonds. The normalized spacial score (nSPS) is 21.6. The van der Waals surface area contributed by atoms with Crippen molar-refractivity contribution in [3.63, 3.8) is 0 Å². The summed E-state index contributed by atoms with van der Waals surface area (Å²) in [5.74, 6) is 0.897. The van der Waals surface area contributed by atoms with E-state index < -0.39 is 0 Å². The molecule has 0 spiro atoms. The molecule has 1 aromatic carbocycles. The second-order valence-electron chi connectivity index (χ2n) is 6.06. The van der Waals surface area contributed by atoms with Crippen molar-refractivity contribution in [2.24, 2.45) is 5.92 Å². The Kier molecular flexibility index (Phi) is 5.90. The lowest BCUT2D eigenvalue weighted by Crippen LogP contribution is -2.25. The summed E-state index contributed by atoms with van der Waals surface area (Å²) in [6.07, 6.45) is 7.06. The number of rotatable bonds is 5. The predicted molar refractivity (Wildman–Crippen MR) is 86.2 cm³/mol. The standard InChI is InChI=1S/C18H29NO/c1-3-8-15-9-7-13-19(14-12-15)17-11-6-5-10-16(17)18(20)4-2/h5-6,10-11,15,18,20H,3-4,7-9,12-14H2,1-2H3. The minimum atomic E-state index is -0.333. The van der Waals surface area contributed by atoms with Crippen molar-refractivity contribution >= 4 is 5.69 Å². The summed E-state index contributed by atoms with van der Waals surface area (Å²) in [6, 6.07) is 8.39. The molecule has 2 rings (SSSR count). The fourth-order valence-corrected chi connectivity index (χ4v) is 3.38. The van der Waals surface area contributed by atoms with Crippen LogP contribution in [0.4, 0.5) is 5.69 Å². The second-order valence-corrected chi connectivity index (χ2v) is 6.06. The smallest absolute Gasteiger partial charge is 0.0807 e. The van der Waals surface area contributed by atoms with E-state index in [9.17, 15) is 5.11 Å². The van der Waals surface area contributed by atoms with Crippen molar-refractivity contribution in [1.82, 2.24) is 0 Å². The minimum absolute atomic E-state index is 0.333. The number of aliphatic hydroxyl groups is 1. The highest BCUT2D eigenvalue weighted by Gasteiger charge is 2.20. The summed E-state index contributed by atoms with van der Waals surface area (Å²) in [5.41, 5.74) is 2.35. The first-order valence-electron chi connectivity index (χ1n) is 8.28. The molecular weight excluding hydrogens is 246 g/mol. The van der Waals surface area contributed by atoms with Gasteiger partial charge in [0.15, 0.2) is 0 Å². The monoisotopic (exact) mass is 275 g/mol. The largest absolute Gasteiger partial charge is 0.388 e. The van der Waals surface area contributed by atoms with E-state index in [1.165, 1.54) is 37.8 Å². The quantitative estimate of drug-likeness (QED) is 0.853. The average molecular weight is 275 g/mol. The van der Waals surface area contributed by atoms with Crippen LogP contribution in [0.5, 0.6) is 0 Å². The highest BCUT2D eigenvalue weighted by atomic mass is 16.3. The Morgan fingerprint density at radius 3 is 2.75 bits per heavy atom. The maximum absolute atomic E-state index is 10.2. The van der Waals surface area contributed by atoms with Gasteiger partial charge in [-0.2, -0.15) is 0 Å². The molecule has 1 saturated heterocycles. The topological polar surface area (TPSA) is 23.5 Å². The molecule has 2 unspecified atom stereocenters. The highest BCUT2D eigenvalue weighted by Crippen LogP contribution is 2.31. The molecule has 1 aromatic rings. The molecular formula is C18H29NO. The van der Waals surface area contributed by atoms with Gasteiger partial charge in [0.05, 0.1) is 6.10 Å². The van der Waals surface area contributed by atoms with Crippen LogP contribution in [0.25, 0.3) is 0 Å². The van der Waals surface area contributed by atoms with E-state index in [2.05, 4.69) is 30.0 Å². The van der Waals surface area contributed by atoms with Crippen LogP contribution in [0.2, 0.25) is 0 Å². The van der Waals surface area contributed by atoms with E-state index in [1.807, 2.05) is 13.0 Å². The molecule has 2 atom stereocenters. The number of hydrogen-bond acceptors (Lipinski definition) is 2. The van der Waals surface area contributed by atoms with Gasteiger partial charge in [-0.05, 0) is 37.7 Å². The molecule has 2 heteroatoms. The zero-order valence-electron chi connectivity index (χ0n) is 13.0. The third-order valence-electron chi connectivity index (χ3n) is 4.57. The molecule has 2 nitrogen and oxygen atoms in total. The Balaban J connectivity index is 2.11. The van der Waals surface area contributed by atoms with Crippen molar-refractivity contribution in [1.29, 1.82) is 0 Å². The summed E-state index contributed by atoms with van der Waals surface area (Å²) in [4.78, 5) is 2.49. The van der Waals surface area contributed by atoms with Crippen LogP contribution in [0.15, 0.2) is 24.3 Å². The summed E-state index contributed by atoms with van der Waals surface area (Å²) >= 11 is 0. The minimum Gasteiger partial charge on any atom is -0.388 e. The van der Waals surface area contributed by atoms with Crippen LogP contribution < -0.4 is 4.90 Å². The summed E-state index contributed by atoms with van der Waals surface area (Å²) in [5, 5.41) is 10.2. The van der Waals surface area contributed by atoms with Crippen LogP contribution in [0.1, 0.15) is 64.0 Å². The third-order valence-corrected chi connectivity index (χ3v) is 4.57. The van der Waals surface area contributed by atoms with Gasteiger partial charge in [-0.25, -0.2) is 0 Å². The lowest BCUT2D eigenvalue weighted by atomic mass is 9.96. The van der Waals surface area contributed by atoms with Crippen LogP contribution in [-0.4, -0.2) is 18.2 Å². The lowest BCUT2D eigenvalue weighted by Gasteiger charge is -2.27. The van der Waals surface area contributed by atoms with Gasteiger partial charge in [0.2, 0.25) is 0 Å². The zero-order chi connectivity index (χ0) is 14.4. The van der Waals surface area contributed by atoms with Gasteiger partial charge in [-0.15, -0.1) is 0 Å². The number of aliphatic hydroxyl groups excluding tert-OH is 1. The van der Waals surface area contributed by atoms with E-state index in [-0.39, 0.29) is 6.10 Å². The van der Waals surface area contributed by atoms with E-state index in [0.29, 0.717) is 0 Å². The first-order valence-corrected chi connectivity index (χ1v) is 8.28. The van der Waals surface area contributed by atoms with E-state index in [4.69, 9.17) is 0 Å². The summed E-state index contributed by atoms with van der Waals surface area (Å²) in [7, 11) is 0. The van der Waals surface area contributed by atoms with E-state index in [1.54, 1.807) is 0 Å². The van der Waals surface area contributed by atoms with E-state index >= 15 is 0 Å². The molecule has 0 saturated carbocycles. The van der Waals surface area contributed by atoms with Crippen molar-refractivity contribution in [2.75, 3.05) is 18.0 Å². The predicted octanol–water partition coefficient (Wildman–Crippen LogP) is 4.54. The van der Waals surface area contributed by atoms with Crippen molar-refractivity contribution in [3.8, 4) is 0 Å². The van der Waals surface area contributed by atoms with Gasteiger partial charge < -0.3 is 10.0 Å². The Labute approximate surface area is 123 Å². The van der Waals surface area contributed by atoms with Crippen LogP contribution in [0.3, 0.4) is 0 Å². The van der Waals surface area contributed by atoms with Crippen molar-refractivity contribution in [2.45, 2.75) is 58.5 Å². The fraction of sp³-hybridized carbons (Fsp3) is 0.667.